The zero-order chi connectivity index (χ0) is 34.5. The zero-order valence-electron chi connectivity index (χ0n) is 29.3. The summed E-state index contributed by atoms with van der Waals surface area (Å²) < 4.78 is 2.26. The van der Waals surface area contributed by atoms with E-state index in [0.29, 0.717) is 5.92 Å². The van der Waals surface area contributed by atoms with Crippen LogP contribution < -0.4 is 14.7 Å². The fourth-order valence-corrected chi connectivity index (χ4v) is 7.53. The third-order valence-corrected chi connectivity index (χ3v) is 9.93. The molecule has 0 bridgehead atoms. The van der Waals surface area contributed by atoms with Crippen LogP contribution in [-0.2, 0) is 21.1 Å². The number of aromatic nitrogens is 2. The third kappa shape index (κ3) is 5.76. The van der Waals surface area contributed by atoms with Gasteiger partial charge in [-0.2, -0.15) is 12.1 Å². The Morgan fingerprint density at radius 2 is 1.40 bits per heavy atom. The first kappa shape index (κ1) is 33.5. The molecular weight excluding hydrogens is 818 g/mol. The predicted molar refractivity (Wildman–Crippen MR) is 212 cm³/mol. The first-order valence-corrected chi connectivity index (χ1v) is 17.5. The molecule has 8 aromatic rings. The van der Waals surface area contributed by atoms with Crippen LogP contribution in [0.5, 0.6) is 0 Å². The van der Waals surface area contributed by atoms with E-state index in [-0.39, 0.29) is 21.1 Å². The van der Waals surface area contributed by atoms with E-state index in [0.717, 1.165) is 57.2 Å². The Morgan fingerprint density at radius 1 is 0.673 bits per heavy atom. The van der Waals surface area contributed by atoms with Crippen molar-refractivity contribution >= 4 is 55.9 Å². The van der Waals surface area contributed by atoms with Gasteiger partial charge in [-0.05, 0) is 70.5 Å². The third-order valence-electron chi connectivity index (χ3n) is 9.93. The molecule has 0 spiro atoms. The maximum atomic E-state index is 4.97. The molecule has 1 aliphatic rings. The summed E-state index contributed by atoms with van der Waals surface area (Å²) in [5.74, 6) is 1.27. The number of nitrogens with zero attached hydrogens (tertiary/aromatic N) is 5. The Hall–Kier alpha value is -5.64. The smallest absolute Gasteiger partial charge is 0.358 e. The van der Waals surface area contributed by atoms with Crippen LogP contribution in [0.2, 0.25) is 0 Å². The maximum Gasteiger partial charge on any atom is 2.00 e. The van der Waals surface area contributed by atoms with Crippen LogP contribution in [-0.4, -0.2) is 23.3 Å². The molecule has 2 aromatic heterocycles. The van der Waals surface area contributed by atoms with Crippen LogP contribution >= 0.6 is 0 Å². The van der Waals surface area contributed by atoms with Gasteiger partial charge in [0.25, 0.3) is 0 Å². The molecule has 256 valence electrons. The normalized spacial score (nSPS) is 12.4. The molecule has 6 heteroatoms. The van der Waals surface area contributed by atoms with Crippen molar-refractivity contribution in [2.45, 2.75) is 19.8 Å². The van der Waals surface area contributed by atoms with Crippen molar-refractivity contribution < 1.29 is 21.1 Å². The molecule has 0 unspecified atom stereocenters. The van der Waals surface area contributed by atoms with Crippen molar-refractivity contribution in [3.63, 3.8) is 0 Å². The summed E-state index contributed by atoms with van der Waals surface area (Å²) in [6, 6.07) is 59.1. The second kappa shape index (κ2) is 13.8. The Kier molecular flexibility index (Phi) is 8.90. The second-order valence-electron chi connectivity index (χ2n) is 13.5. The first-order valence-electron chi connectivity index (χ1n) is 17.5. The van der Waals surface area contributed by atoms with E-state index < -0.39 is 0 Å². The van der Waals surface area contributed by atoms with Gasteiger partial charge < -0.3 is 19.3 Å². The zero-order valence-corrected chi connectivity index (χ0v) is 31.5. The van der Waals surface area contributed by atoms with Gasteiger partial charge in [-0.3, -0.25) is 0 Å². The van der Waals surface area contributed by atoms with Gasteiger partial charge in [0.2, 0.25) is 0 Å². The van der Waals surface area contributed by atoms with Gasteiger partial charge in [0.15, 0.2) is 0 Å². The summed E-state index contributed by atoms with van der Waals surface area (Å²) in [6.07, 6.45) is 1.93. The standard InChI is InChI=1S/C46H37N5.Pt/c1-32(2)38-18-7-8-19-39(38)33-26-27-47-46(28-33)51-42-21-10-9-20-40(42)41-25-24-37(30-45(41)51)50(34-14-5-4-6-15-34)36-17-13-16-35(29-36)49-31-48(3)43-22-11-12-23-44(43)49;/h4-28,32H,31H2,1-3H3;/q-2;+2. The van der Waals surface area contributed by atoms with Crippen LogP contribution in [0, 0.1) is 12.1 Å². The van der Waals surface area contributed by atoms with E-state index in [1.165, 1.54) is 27.9 Å². The largest absolute Gasteiger partial charge is 2.00 e. The van der Waals surface area contributed by atoms with Gasteiger partial charge in [-0.15, -0.1) is 35.7 Å². The number of hydrogen-bond acceptors (Lipinski definition) is 4. The number of pyridine rings is 1. The van der Waals surface area contributed by atoms with E-state index >= 15 is 0 Å². The Labute approximate surface area is 319 Å². The Morgan fingerprint density at radius 3 is 2.25 bits per heavy atom. The minimum atomic E-state index is 0. The van der Waals surface area contributed by atoms with Crippen LogP contribution in [0.3, 0.4) is 0 Å². The first-order chi connectivity index (χ1) is 25.0. The number of anilines is 6. The number of rotatable bonds is 7. The van der Waals surface area contributed by atoms with E-state index in [1.54, 1.807) is 0 Å². The van der Waals surface area contributed by atoms with Gasteiger partial charge in [-0.1, -0.05) is 109 Å². The van der Waals surface area contributed by atoms with Gasteiger partial charge in [-0.25, -0.2) is 4.98 Å². The molecule has 0 atom stereocenters. The molecule has 0 saturated carbocycles. The maximum absolute atomic E-state index is 4.97. The van der Waals surface area contributed by atoms with Crippen molar-refractivity contribution in [1.29, 1.82) is 0 Å². The van der Waals surface area contributed by atoms with Crippen LogP contribution in [0.1, 0.15) is 25.3 Å². The van der Waals surface area contributed by atoms with E-state index in [9.17, 15) is 0 Å². The summed E-state index contributed by atoms with van der Waals surface area (Å²) in [5, 5.41) is 2.30. The van der Waals surface area contributed by atoms with Gasteiger partial charge in [0.1, 0.15) is 5.82 Å². The number of hydrogen-bond donors (Lipinski definition) is 0. The van der Waals surface area contributed by atoms with E-state index in [4.69, 9.17) is 4.98 Å². The summed E-state index contributed by atoms with van der Waals surface area (Å²) in [5.41, 5.74) is 12.1. The van der Waals surface area contributed by atoms with Crippen molar-refractivity contribution in [3.05, 3.63) is 169 Å². The quantitative estimate of drug-likeness (QED) is 0.149. The van der Waals surface area contributed by atoms with Crippen molar-refractivity contribution in [3.8, 4) is 16.9 Å². The molecule has 0 N–H and O–H groups in total. The second-order valence-corrected chi connectivity index (χ2v) is 13.5. The van der Waals surface area contributed by atoms with Crippen LogP contribution in [0.15, 0.2) is 152 Å². The van der Waals surface area contributed by atoms with Crippen molar-refractivity contribution in [2.75, 3.05) is 28.4 Å². The minimum absolute atomic E-state index is 0. The molecular formula is C46H37N5Pt. The predicted octanol–water partition coefficient (Wildman–Crippen LogP) is 11.6. The molecule has 3 heterocycles. The molecule has 0 amide bonds. The fourth-order valence-electron chi connectivity index (χ4n) is 7.53. The molecule has 0 fully saturated rings. The summed E-state index contributed by atoms with van der Waals surface area (Å²) >= 11 is 0. The molecule has 5 nitrogen and oxygen atoms in total. The van der Waals surface area contributed by atoms with Gasteiger partial charge in [0.05, 0.1) is 18.0 Å². The van der Waals surface area contributed by atoms with E-state index in [2.05, 4.69) is 198 Å². The minimum Gasteiger partial charge on any atom is -0.358 e. The SMILES string of the molecule is CC(C)c1ccccc1-c1ccnc(-n2c3[c-]c(N(c4[c-]c(N5CN(C)c6ccccc65)ccc4)c4ccccc4)ccc3c3ccccc32)c1.[Pt+2]. The van der Waals surface area contributed by atoms with Crippen LogP contribution in [0.25, 0.3) is 38.8 Å². The van der Waals surface area contributed by atoms with Crippen LogP contribution in [0.4, 0.5) is 34.1 Å². The molecule has 1 aliphatic heterocycles. The summed E-state index contributed by atoms with van der Waals surface area (Å²) in [7, 11) is 2.13. The molecule has 6 aromatic carbocycles. The molecule has 0 aliphatic carbocycles. The van der Waals surface area contributed by atoms with Crippen molar-refractivity contribution in [2.24, 2.45) is 0 Å². The average Bonchev–Trinajstić information content (AvgIpc) is 3.70. The number of fused-ring (bicyclic) bond motifs is 4. The molecule has 9 rings (SSSR count). The Bertz CT molecular complexity index is 2540. The average molecular weight is 855 g/mol. The number of para-hydroxylation sites is 4. The Balaban J connectivity index is 0.00000387. The number of benzene rings is 6. The van der Waals surface area contributed by atoms with Crippen molar-refractivity contribution in [1.82, 2.24) is 9.55 Å². The molecule has 52 heavy (non-hydrogen) atoms. The monoisotopic (exact) mass is 854 g/mol. The summed E-state index contributed by atoms with van der Waals surface area (Å²) in [6.45, 7) is 5.26. The molecule has 0 saturated heterocycles. The fraction of sp³-hybridized carbons (Fsp3) is 0.109. The topological polar surface area (TPSA) is 27.5 Å². The summed E-state index contributed by atoms with van der Waals surface area (Å²) in [4.78, 5) is 11.8. The van der Waals surface area contributed by atoms with Gasteiger partial charge >= 0.3 is 21.1 Å². The van der Waals surface area contributed by atoms with Gasteiger partial charge in [0, 0.05) is 24.4 Å². The van der Waals surface area contributed by atoms with E-state index in [1.807, 2.05) is 6.20 Å². The molecule has 0 radical (unpaired) electrons.